The van der Waals surface area contributed by atoms with Gasteiger partial charge in [-0.15, -0.1) is 0 Å². The number of benzene rings is 1. The molecule has 29 heavy (non-hydrogen) atoms. The van der Waals surface area contributed by atoms with E-state index in [1.54, 1.807) is 24.3 Å². The number of rotatable bonds is 4. The second-order valence-electron chi connectivity index (χ2n) is 8.08. The number of anilines is 2. The van der Waals surface area contributed by atoms with Crippen molar-refractivity contribution < 1.29 is 9.47 Å². The van der Waals surface area contributed by atoms with Crippen LogP contribution in [0, 0.1) is 29.1 Å². The Hall–Kier alpha value is -2.36. The second kappa shape index (κ2) is 8.98. The van der Waals surface area contributed by atoms with E-state index in [1.165, 1.54) is 19.2 Å². The molecule has 7 heteroatoms. The molecule has 1 saturated carbocycles. The molecule has 6 nitrogen and oxygen atoms in total. The summed E-state index contributed by atoms with van der Waals surface area (Å²) in [5.74, 6) is 2.64. The van der Waals surface area contributed by atoms with Crippen LogP contribution in [0.15, 0.2) is 30.6 Å². The molecule has 4 rings (SSSR count). The first-order valence-electron chi connectivity index (χ1n) is 10.2. The predicted molar refractivity (Wildman–Crippen MR) is 111 cm³/mol. The van der Waals surface area contributed by atoms with Gasteiger partial charge in [-0.3, -0.25) is 0 Å². The Bertz CT molecular complexity index is 901. The van der Waals surface area contributed by atoms with Gasteiger partial charge < -0.3 is 14.8 Å². The van der Waals surface area contributed by atoms with Gasteiger partial charge in [0.2, 0.25) is 5.88 Å². The van der Waals surface area contributed by atoms with Crippen molar-refractivity contribution in [2.75, 3.05) is 18.5 Å². The summed E-state index contributed by atoms with van der Waals surface area (Å²) < 4.78 is 12.3. The third-order valence-electron chi connectivity index (χ3n) is 5.83. The lowest BCUT2D eigenvalue weighted by Gasteiger charge is -2.40. The minimum Gasteiger partial charge on any atom is -0.473 e. The molecule has 4 unspecified atom stereocenters. The van der Waals surface area contributed by atoms with E-state index in [4.69, 9.17) is 26.3 Å². The summed E-state index contributed by atoms with van der Waals surface area (Å²) >= 11 is 6.26. The number of nitrogens with zero attached hydrogens (tertiary/aromatic N) is 3. The Kier molecular flexibility index (Phi) is 6.17. The lowest BCUT2D eigenvalue weighted by atomic mass is 9.77. The number of ether oxygens (including phenoxy) is 2. The van der Waals surface area contributed by atoms with Crippen molar-refractivity contribution in [3.63, 3.8) is 0 Å². The number of nitrogens with one attached hydrogen (secondary N) is 1. The Balaban J connectivity index is 1.50. The lowest BCUT2D eigenvalue weighted by Crippen LogP contribution is -2.45. The summed E-state index contributed by atoms with van der Waals surface area (Å²) in [6.07, 6.45) is 6.36. The van der Waals surface area contributed by atoms with Gasteiger partial charge in [-0.05, 0) is 37.0 Å². The molecule has 1 aliphatic heterocycles. The SMILES string of the molecule is CC1CCCC2COCC(C1)C2Oc1cc(Nc2ccc(C#N)cc2Cl)ncn1. The van der Waals surface area contributed by atoms with Crippen LogP contribution >= 0.6 is 11.6 Å². The Labute approximate surface area is 176 Å². The molecule has 0 spiro atoms. The smallest absolute Gasteiger partial charge is 0.218 e. The van der Waals surface area contributed by atoms with E-state index in [0.717, 1.165) is 26.1 Å². The fourth-order valence-electron chi connectivity index (χ4n) is 4.39. The molecule has 2 aliphatic rings. The monoisotopic (exact) mass is 412 g/mol. The Morgan fingerprint density at radius 1 is 1.21 bits per heavy atom. The van der Waals surface area contributed by atoms with E-state index in [1.807, 2.05) is 0 Å². The third-order valence-corrected chi connectivity index (χ3v) is 6.14. The van der Waals surface area contributed by atoms with Crippen LogP contribution < -0.4 is 10.1 Å². The van der Waals surface area contributed by atoms with E-state index in [0.29, 0.717) is 45.7 Å². The minimum absolute atomic E-state index is 0.118. The summed E-state index contributed by atoms with van der Waals surface area (Å²) in [4.78, 5) is 8.61. The number of aromatic nitrogens is 2. The summed E-state index contributed by atoms with van der Waals surface area (Å²) in [5.41, 5.74) is 1.19. The average Bonchev–Trinajstić information content (AvgIpc) is 2.71. The van der Waals surface area contributed by atoms with Crippen molar-refractivity contribution in [3.8, 4) is 11.9 Å². The summed E-state index contributed by atoms with van der Waals surface area (Å²) in [6.45, 7) is 3.83. The van der Waals surface area contributed by atoms with Gasteiger partial charge in [-0.1, -0.05) is 31.4 Å². The molecular formula is C22H25ClN4O2. The van der Waals surface area contributed by atoms with E-state index in [2.05, 4.69) is 28.3 Å². The highest BCUT2D eigenvalue weighted by molar-refractivity contribution is 6.33. The molecule has 0 amide bonds. The van der Waals surface area contributed by atoms with Crippen LogP contribution in [-0.4, -0.2) is 29.3 Å². The zero-order valence-electron chi connectivity index (χ0n) is 16.5. The van der Waals surface area contributed by atoms with Crippen LogP contribution in [0.4, 0.5) is 11.5 Å². The fourth-order valence-corrected chi connectivity index (χ4v) is 4.61. The Morgan fingerprint density at radius 3 is 2.90 bits per heavy atom. The number of hydrogen-bond donors (Lipinski definition) is 1. The molecule has 2 aromatic rings. The van der Waals surface area contributed by atoms with Crippen molar-refractivity contribution in [1.82, 2.24) is 9.97 Å². The first-order chi connectivity index (χ1) is 14.1. The molecule has 1 aliphatic carbocycles. The van der Waals surface area contributed by atoms with Gasteiger partial charge in [0.15, 0.2) is 0 Å². The lowest BCUT2D eigenvalue weighted by molar-refractivity contribution is -0.0837. The van der Waals surface area contributed by atoms with Crippen molar-refractivity contribution in [2.45, 2.75) is 38.7 Å². The van der Waals surface area contributed by atoms with E-state index in [-0.39, 0.29) is 6.10 Å². The normalized spacial score (nSPS) is 26.7. The van der Waals surface area contributed by atoms with Crippen LogP contribution in [0.5, 0.6) is 5.88 Å². The van der Waals surface area contributed by atoms with Crippen molar-refractivity contribution in [2.24, 2.45) is 17.8 Å². The molecule has 2 bridgehead atoms. The maximum Gasteiger partial charge on any atom is 0.218 e. The van der Waals surface area contributed by atoms with Gasteiger partial charge in [-0.25, -0.2) is 9.97 Å². The highest BCUT2D eigenvalue weighted by Gasteiger charge is 2.38. The maximum atomic E-state index is 8.98. The van der Waals surface area contributed by atoms with Crippen LogP contribution in [0.3, 0.4) is 0 Å². The van der Waals surface area contributed by atoms with Gasteiger partial charge in [0, 0.05) is 17.9 Å². The van der Waals surface area contributed by atoms with Gasteiger partial charge in [0.05, 0.1) is 35.6 Å². The average molecular weight is 413 g/mol. The van der Waals surface area contributed by atoms with E-state index < -0.39 is 0 Å². The predicted octanol–water partition coefficient (Wildman–Crippen LogP) is 4.97. The van der Waals surface area contributed by atoms with Gasteiger partial charge in [0.25, 0.3) is 0 Å². The summed E-state index contributed by atoms with van der Waals surface area (Å²) in [7, 11) is 0. The van der Waals surface area contributed by atoms with Crippen LogP contribution in [0.1, 0.15) is 38.2 Å². The fraction of sp³-hybridized carbons (Fsp3) is 0.500. The summed E-state index contributed by atoms with van der Waals surface area (Å²) in [5, 5.41) is 12.6. The molecule has 2 fully saturated rings. The molecular weight excluding hydrogens is 388 g/mol. The summed E-state index contributed by atoms with van der Waals surface area (Å²) in [6, 6.07) is 8.98. The van der Waals surface area contributed by atoms with Gasteiger partial charge in [-0.2, -0.15) is 5.26 Å². The topological polar surface area (TPSA) is 80.1 Å². The second-order valence-corrected chi connectivity index (χ2v) is 8.49. The maximum absolute atomic E-state index is 8.98. The standard InChI is InChI=1S/C22H25ClN4O2/c1-14-3-2-4-16-11-28-12-17(7-14)22(16)29-21-9-20(25-13-26-21)27-19-6-5-15(10-24)8-18(19)23/h5-6,8-9,13-14,16-17,22H,2-4,7,11-12H2,1H3,(H,25,26,27). The van der Waals surface area contributed by atoms with Crippen molar-refractivity contribution in [1.29, 1.82) is 5.26 Å². The van der Waals surface area contributed by atoms with Crippen LogP contribution in [0.25, 0.3) is 0 Å². The largest absolute Gasteiger partial charge is 0.473 e. The molecule has 1 N–H and O–H groups in total. The van der Waals surface area contributed by atoms with Crippen LogP contribution in [-0.2, 0) is 4.74 Å². The molecule has 1 saturated heterocycles. The zero-order chi connectivity index (χ0) is 20.2. The van der Waals surface area contributed by atoms with Crippen molar-refractivity contribution in [3.05, 3.63) is 41.2 Å². The van der Waals surface area contributed by atoms with Gasteiger partial charge >= 0.3 is 0 Å². The molecule has 152 valence electrons. The molecule has 1 aromatic carbocycles. The number of halogens is 1. The first-order valence-corrected chi connectivity index (χ1v) is 10.5. The van der Waals surface area contributed by atoms with Gasteiger partial charge in [0.1, 0.15) is 18.2 Å². The molecule has 4 atom stereocenters. The zero-order valence-corrected chi connectivity index (χ0v) is 17.2. The van der Waals surface area contributed by atoms with Crippen LogP contribution in [0.2, 0.25) is 5.02 Å². The molecule has 0 radical (unpaired) electrons. The third kappa shape index (κ3) is 4.80. The molecule has 2 heterocycles. The molecule has 1 aromatic heterocycles. The quantitative estimate of drug-likeness (QED) is 0.763. The highest BCUT2D eigenvalue weighted by Crippen LogP contribution is 2.36. The highest BCUT2D eigenvalue weighted by atomic mass is 35.5. The number of fused-ring (bicyclic) bond motifs is 2. The Morgan fingerprint density at radius 2 is 2.07 bits per heavy atom. The number of nitriles is 1. The first kappa shape index (κ1) is 19.9. The van der Waals surface area contributed by atoms with E-state index in [9.17, 15) is 0 Å². The minimum atomic E-state index is 0.118. The van der Waals surface area contributed by atoms with Crippen molar-refractivity contribution >= 4 is 23.1 Å². The number of hydrogen-bond acceptors (Lipinski definition) is 6. The van der Waals surface area contributed by atoms with E-state index >= 15 is 0 Å².